The van der Waals surface area contributed by atoms with Crippen LogP contribution in [0.4, 0.5) is 13.2 Å². The van der Waals surface area contributed by atoms with Crippen LogP contribution < -0.4 is 0 Å². The van der Waals surface area contributed by atoms with E-state index in [4.69, 9.17) is 0 Å². The number of hydrogen-bond acceptors (Lipinski definition) is 1. The molecular formula is C28H24F3N. The summed E-state index contributed by atoms with van der Waals surface area (Å²) in [6, 6.07) is 22.6. The Bertz CT molecular complexity index is 1120. The molecular weight excluding hydrogens is 407 g/mol. The van der Waals surface area contributed by atoms with E-state index in [-0.39, 0.29) is 0 Å². The molecule has 32 heavy (non-hydrogen) atoms. The van der Waals surface area contributed by atoms with Crippen molar-refractivity contribution in [3.05, 3.63) is 112 Å². The number of benzene rings is 3. The lowest BCUT2D eigenvalue weighted by Crippen LogP contribution is -2.30. The Hall–Kier alpha value is -3.11. The van der Waals surface area contributed by atoms with Crippen molar-refractivity contribution in [1.82, 2.24) is 4.90 Å². The monoisotopic (exact) mass is 431 g/mol. The molecule has 1 saturated heterocycles. The van der Waals surface area contributed by atoms with Crippen LogP contribution in [0.25, 0.3) is 17.7 Å². The van der Waals surface area contributed by atoms with E-state index in [1.807, 2.05) is 0 Å². The number of fused-ring (bicyclic) bond motifs is 2. The topological polar surface area (TPSA) is 3.24 Å². The van der Waals surface area contributed by atoms with Crippen molar-refractivity contribution < 1.29 is 13.2 Å². The Balaban J connectivity index is 1.39. The van der Waals surface area contributed by atoms with E-state index >= 15 is 0 Å². The quantitative estimate of drug-likeness (QED) is 0.322. The summed E-state index contributed by atoms with van der Waals surface area (Å²) in [5.74, 6) is 0. The normalized spacial score (nSPS) is 16.5. The molecule has 0 saturated carbocycles. The maximum absolute atomic E-state index is 12.8. The lowest BCUT2D eigenvalue weighted by atomic mass is 9.86. The SMILES string of the molecule is FC(F)(F)c1ccc(CN2CCC(=C3c4ccccc4C=Cc4ccccc43)CC2)cc1. The van der Waals surface area contributed by atoms with Gasteiger partial charge in [-0.25, -0.2) is 0 Å². The Morgan fingerprint density at radius 2 is 1.22 bits per heavy atom. The fourth-order valence-corrected chi connectivity index (χ4v) is 4.73. The molecule has 0 unspecified atom stereocenters. The second-order valence-electron chi connectivity index (χ2n) is 8.46. The van der Waals surface area contributed by atoms with Crippen LogP contribution in [0.2, 0.25) is 0 Å². The molecule has 3 aromatic rings. The third-order valence-electron chi connectivity index (χ3n) is 6.40. The van der Waals surface area contributed by atoms with Crippen LogP contribution in [-0.2, 0) is 12.7 Å². The average Bonchev–Trinajstić information content (AvgIpc) is 2.96. The van der Waals surface area contributed by atoms with E-state index in [1.165, 1.54) is 45.5 Å². The highest BCUT2D eigenvalue weighted by Crippen LogP contribution is 2.39. The molecule has 0 radical (unpaired) electrons. The number of hydrogen-bond donors (Lipinski definition) is 0. The highest BCUT2D eigenvalue weighted by Gasteiger charge is 2.30. The average molecular weight is 432 g/mol. The van der Waals surface area contributed by atoms with Gasteiger partial charge in [0.2, 0.25) is 0 Å². The number of piperidine rings is 1. The zero-order valence-electron chi connectivity index (χ0n) is 17.7. The number of alkyl halides is 3. The van der Waals surface area contributed by atoms with E-state index in [0.717, 1.165) is 31.5 Å². The molecule has 0 aromatic heterocycles. The first-order valence-corrected chi connectivity index (χ1v) is 11.0. The number of nitrogens with zero attached hydrogens (tertiary/aromatic N) is 1. The van der Waals surface area contributed by atoms with Gasteiger partial charge >= 0.3 is 6.18 Å². The van der Waals surface area contributed by atoms with Gasteiger partial charge in [-0.05, 0) is 58.4 Å². The van der Waals surface area contributed by atoms with Crippen molar-refractivity contribution >= 4 is 17.7 Å². The molecule has 0 amide bonds. The third kappa shape index (κ3) is 4.15. The Kier molecular flexibility index (Phi) is 5.48. The van der Waals surface area contributed by atoms with Crippen LogP contribution in [0.15, 0.2) is 78.4 Å². The molecule has 2 aliphatic rings. The Morgan fingerprint density at radius 3 is 1.75 bits per heavy atom. The zero-order chi connectivity index (χ0) is 22.1. The first-order valence-electron chi connectivity index (χ1n) is 11.0. The van der Waals surface area contributed by atoms with Gasteiger partial charge in [0.1, 0.15) is 0 Å². The maximum atomic E-state index is 12.8. The molecule has 4 heteroatoms. The van der Waals surface area contributed by atoms with Gasteiger partial charge in [-0.15, -0.1) is 0 Å². The minimum Gasteiger partial charge on any atom is -0.298 e. The van der Waals surface area contributed by atoms with E-state index in [9.17, 15) is 13.2 Å². The van der Waals surface area contributed by atoms with Crippen LogP contribution in [0.1, 0.15) is 46.2 Å². The summed E-state index contributed by atoms with van der Waals surface area (Å²) in [6.07, 6.45) is 2.02. The Morgan fingerprint density at radius 1 is 0.688 bits per heavy atom. The number of likely N-dealkylation sites (tertiary alicyclic amines) is 1. The molecule has 1 heterocycles. The van der Waals surface area contributed by atoms with E-state index < -0.39 is 11.7 Å². The van der Waals surface area contributed by atoms with Crippen molar-refractivity contribution in [2.75, 3.05) is 13.1 Å². The fourth-order valence-electron chi connectivity index (χ4n) is 4.73. The molecule has 0 atom stereocenters. The van der Waals surface area contributed by atoms with Gasteiger partial charge in [-0.1, -0.05) is 78.4 Å². The standard InChI is InChI=1S/C28H24F3N/c29-28(30,31)24-13-9-20(10-14-24)19-32-17-15-23(16-18-32)27-25-7-3-1-5-21(25)11-12-22-6-2-4-8-26(22)27/h1-14H,15-19H2. The number of rotatable bonds is 2. The summed E-state index contributed by atoms with van der Waals surface area (Å²) < 4.78 is 38.5. The smallest absolute Gasteiger partial charge is 0.298 e. The lowest BCUT2D eigenvalue weighted by Gasteiger charge is -2.30. The van der Waals surface area contributed by atoms with Gasteiger partial charge in [0.15, 0.2) is 0 Å². The lowest BCUT2D eigenvalue weighted by molar-refractivity contribution is -0.137. The summed E-state index contributed by atoms with van der Waals surface area (Å²) in [5.41, 5.74) is 8.15. The molecule has 1 aliphatic carbocycles. The van der Waals surface area contributed by atoms with Gasteiger partial charge in [0.25, 0.3) is 0 Å². The van der Waals surface area contributed by atoms with Gasteiger partial charge in [-0.3, -0.25) is 4.90 Å². The highest BCUT2D eigenvalue weighted by molar-refractivity contribution is 5.94. The van der Waals surface area contributed by atoms with Gasteiger partial charge in [0.05, 0.1) is 5.56 Å². The van der Waals surface area contributed by atoms with Crippen LogP contribution in [-0.4, -0.2) is 18.0 Å². The molecule has 1 aliphatic heterocycles. The summed E-state index contributed by atoms with van der Waals surface area (Å²) in [7, 11) is 0. The van der Waals surface area contributed by atoms with Crippen molar-refractivity contribution in [2.24, 2.45) is 0 Å². The van der Waals surface area contributed by atoms with Gasteiger partial charge in [0, 0.05) is 19.6 Å². The van der Waals surface area contributed by atoms with E-state index in [0.29, 0.717) is 6.54 Å². The van der Waals surface area contributed by atoms with Crippen molar-refractivity contribution in [3.8, 4) is 0 Å². The summed E-state index contributed by atoms with van der Waals surface area (Å²) in [5, 5.41) is 0. The first-order chi connectivity index (χ1) is 15.5. The Labute approximate surface area is 186 Å². The molecule has 162 valence electrons. The van der Waals surface area contributed by atoms with Gasteiger partial charge in [-0.2, -0.15) is 13.2 Å². The van der Waals surface area contributed by atoms with Crippen molar-refractivity contribution in [3.63, 3.8) is 0 Å². The largest absolute Gasteiger partial charge is 0.416 e. The minimum absolute atomic E-state index is 0.591. The van der Waals surface area contributed by atoms with Crippen LogP contribution in [0, 0.1) is 0 Å². The highest BCUT2D eigenvalue weighted by atomic mass is 19.4. The molecule has 5 rings (SSSR count). The molecule has 0 spiro atoms. The molecule has 0 bridgehead atoms. The minimum atomic E-state index is -4.29. The third-order valence-corrected chi connectivity index (χ3v) is 6.40. The van der Waals surface area contributed by atoms with E-state index in [1.54, 1.807) is 12.1 Å². The first kappa shape index (κ1) is 20.8. The predicted octanol–water partition coefficient (Wildman–Crippen LogP) is 7.29. The molecule has 1 fully saturated rings. The maximum Gasteiger partial charge on any atom is 0.416 e. The van der Waals surface area contributed by atoms with Crippen LogP contribution >= 0.6 is 0 Å². The summed E-state index contributed by atoms with van der Waals surface area (Å²) in [4.78, 5) is 2.33. The second kappa shape index (κ2) is 8.44. The van der Waals surface area contributed by atoms with Gasteiger partial charge < -0.3 is 0 Å². The molecule has 1 nitrogen and oxygen atoms in total. The zero-order valence-corrected chi connectivity index (χ0v) is 17.7. The van der Waals surface area contributed by atoms with Crippen molar-refractivity contribution in [1.29, 1.82) is 0 Å². The van der Waals surface area contributed by atoms with Crippen LogP contribution in [0.3, 0.4) is 0 Å². The van der Waals surface area contributed by atoms with Crippen molar-refractivity contribution in [2.45, 2.75) is 25.6 Å². The second-order valence-corrected chi connectivity index (χ2v) is 8.46. The predicted molar refractivity (Wildman–Crippen MR) is 124 cm³/mol. The molecule has 0 N–H and O–H groups in total. The van der Waals surface area contributed by atoms with E-state index in [2.05, 4.69) is 65.6 Å². The van der Waals surface area contributed by atoms with Crippen LogP contribution in [0.5, 0.6) is 0 Å². The summed E-state index contributed by atoms with van der Waals surface area (Å²) >= 11 is 0. The summed E-state index contributed by atoms with van der Waals surface area (Å²) in [6.45, 7) is 2.48. The molecule has 3 aromatic carbocycles. The fraction of sp³-hybridized carbons (Fsp3) is 0.214. The number of halogens is 3.